The van der Waals surface area contributed by atoms with Crippen LogP contribution in [0, 0.1) is 0 Å². The van der Waals surface area contributed by atoms with E-state index in [0.29, 0.717) is 5.52 Å². The van der Waals surface area contributed by atoms with Gasteiger partial charge in [0.2, 0.25) is 0 Å². The molecule has 2 N–H and O–H groups in total. The van der Waals surface area contributed by atoms with Gasteiger partial charge in [0.15, 0.2) is 0 Å². The van der Waals surface area contributed by atoms with E-state index in [1.807, 2.05) is 0 Å². The molecule has 0 aliphatic carbocycles. The second kappa shape index (κ2) is 9.18. The minimum Gasteiger partial charge on any atom is -0.342 e. The van der Waals surface area contributed by atoms with Crippen molar-refractivity contribution >= 4 is 21.2 Å². The third kappa shape index (κ3) is 5.91. The van der Waals surface area contributed by atoms with Gasteiger partial charge in [-0.15, -0.1) is 0 Å². The molecule has 24 heavy (non-hydrogen) atoms. The fraction of sp³-hybridized carbons (Fsp3) is 0.611. The van der Waals surface area contributed by atoms with E-state index >= 15 is 0 Å². The fourth-order valence-electron chi connectivity index (χ4n) is 2.92. The van der Waals surface area contributed by atoms with Crippen molar-refractivity contribution in [3.63, 3.8) is 0 Å². The third-order valence-electron chi connectivity index (χ3n) is 4.32. The lowest BCUT2D eigenvalue weighted by molar-refractivity contribution is 0.483. The molecule has 2 aromatic rings. The first-order valence-electron chi connectivity index (χ1n) is 8.97. The van der Waals surface area contributed by atoms with Gasteiger partial charge in [-0.1, -0.05) is 58.3 Å². The van der Waals surface area contributed by atoms with E-state index in [-0.39, 0.29) is 4.90 Å². The lowest BCUT2D eigenvalue weighted by Gasteiger charge is -2.01. The van der Waals surface area contributed by atoms with Crippen molar-refractivity contribution in [2.75, 3.05) is 0 Å². The number of aromatic amines is 1. The molecule has 6 heteroatoms. The van der Waals surface area contributed by atoms with Crippen LogP contribution >= 0.6 is 0 Å². The summed E-state index contributed by atoms with van der Waals surface area (Å²) in [7, 11) is -4.17. The molecule has 1 heterocycles. The fourth-order valence-corrected chi connectivity index (χ4v) is 3.43. The number of hydrogen-bond donors (Lipinski definition) is 2. The minimum absolute atomic E-state index is 0.103. The van der Waals surface area contributed by atoms with Gasteiger partial charge in [-0.3, -0.25) is 4.55 Å². The van der Waals surface area contributed by atoms with E-state index in [9.17, 15) is 8.42 Å². The van der Waals surface area contributed by atoms with Crippen LogP contribution in [0.2, 0.25) is 0 Å². The van der Waals surface area contributed by atoms with Gasteiger partial charge in [-0.25, -0.2) is 4.98 Å². The Morgan fingerprint density at radius 2 is 1.62 bits per heavy atom. The molecular formula is C18H28N2O3S. The summed E-state index contributed by atoms with van der Waals surface area (Å²) in [6.45, 7) is 2.24. The van der Waals surface area contributed by atoms with Crippen molar-refractivity contribution < 1.29 is 13.0 Å². The monoisotopic (exact) mass is 352 g/mol. The molecule has 134 valence electrons. The van der Waals surface area contributed by atoms with Gasteiger partial charge in [-0.2, -0.15) is 8.42 Å². The Morgan fingerprint density at radius 3 is 2.25 bits per heavy atom. The van der Waals surface area contributed by atoms with Crippen molar-refractivity contribution in [2.45, 2.75) is 76.0 Å². The van der Waals surface area contributed by atoms with Gasteiger partial charge in [0.1, 0.15) is 5.82 Å². The largest absolute Gasteiger partial charge is 0.342 e. The molecule has 0 aliphatic heterocycles. The maximum Gasteiger partial charge on any atom is 0.294 e. The molecule has 0 atom stereocenters. The lowest BCUT2D eigenvalue weighted by Crippen LogP contribution is -1.97. The molecule has 0 bridgehead atoms. The number of imidazole rings is 1. The van der Waals surface area contributed by atoms with Crippen LogP contribution in [0.4, 0.5) is 0 Å². The van der Waals surface area contributed by atoms with Crippen molar-refractivity contribution in [3.8, 4) is 0 Å². The minimum atomic E-state index is -4.17. The molecule has 1 aromatic carbocycles. The summed E-state index contributed by atoms with van der Waals surface area (Å²) in [6, 6.07) is 4.42. The summed E-state index contributed by atoms with van der Waals surface area (Å²) < 4.78 is 31.4. The summed E-state index contributed by atoms with van der Waals surface area (Å²) in [4.78, 5) is 7.51. The third-order valence-corrected chi connectivity index (χ3v) is 5.17. The molecule has 0 spiro atoms. The standard InChI is InChI=1S/C18H28N2O3S/c1-2-3-4-5-6-7-8-9-10-11-18-19-16-13-12-15(24(21,22)23)14-17(16)20-18/h12-14H,2-11H2,1H3,(H,19,20)(H,21,22,23). The Kier molecular flexibility index (Phi) is 7.24. The van der Waals surface area contributed by atoms with Gasteiger partial charge < -0.3 is 4.98 Å². The Labute approximate surface area is 144 Å². The Morgan fingerprint density at radius 1 is 1.00 bits per heavy atom. The maximum atomic E-state index is 11.2. The predicted molar refractivity (Wildman–Crippen MR) is 96.8 cm³/mol. The highest BCUT2D eigenvalue weighted by Gasteiger charge is 2.11. The highest BCUT2D eigenvalue weighted by atomic mass is 32.2. The van der Waals surface area contributed by atoms with Crippen LogP contribution < -0.4 is 0 Å². The molecule has 1 aromatic heterocycles. The maximum absolute atomic E-state index is 11.2. The summed E-state index contributed by atoms with van der Waals surface area (Å²) in [6.07, 6.45) is 12.4. The average Bonchev–Trinajstić information content (AvgIpc) is 2.94. The normalized spacial score (nSPS) is 12.1. The van der Waals surface area contributed by atoms with Gasteiger partial charge >= 0.3 is 0 Å². The zero-order chi connectivity index (χ0) is 17.4. The van der Waals surface area contributed by atoms with Crippen molar-refractivity contribution in [1.82, 2.24) is 9.97 Å². The molecule has 0 fully saturated rings. The first-order chi connectivity index (χ1) is 11.5. The van der Waals surface area contributed by atoms with E-state index in [1.165, 1.54) is 63.5 Å². The smallest absolute Gasteiger partial charge is 0.294 e. The zero-order valence-electron chi connectivity index (χ0n) is 14.4. The Bertz CT molecular complexity index is 738. The van der Waals surface area contributed by atoms with Crippen LogP contribution in [0.3, 0.4) is 0 Å². The SMILES string of the molecule is CCCCCCCCCCCc1nc2ccc(S(=O)(=O)O)cc2[nH]1. The Balaban J connectivity index is 1.73. The summed E-state index contributed by atoms with van der Waals surface area (Å²) in [5.74, 6) is 0.875. The number of nitrogens with zero attached hydrogens (tertiary/aromatic N) is 1. The number of fused-ring (bicyclic) bond motifs is 1. The number of unbranched alkanes of at least 4 members (excludes halogenated alkanes) is 8. The van der Waals surface area contributed by atoms with Crippen LogP contribution in [0.25, 0.3) is 11.0 Å². The van der Waals surface area contributed by atoms with Crippen LogP contribution in [0.1, 0.15) is 70.5 Å². The predicted octanol–water partition coefficient (Wildman–Crippen LogP) is 4.88. The number of aryl methyl sites for hydroxylation is 1. The molecule has 0 unspecified atom stereocenters. The first-order valence-corrected chi connectivity index (χ1v) is 10.4. The highest BCUT2D eigenvalue weighted by molar-refractivity contribution is 7.85. The average molecular weight is 353 g/mol. The number of benzene rings is 1. The van der Waals surface area contributed by atoms with Crippen LogP contribution in [-0.4, -0.2) is 22.9 Å². The highest BCUT2D eigenvalue weighted by Crippen LogP contribution is 2.18. The number of aromatic nitrogens is 2. The number of nitrogens with one attached hydrogen (secondary N) is 1. The molecule has 0 amide bonds. The van der Waals surface area contributed by atoms with Crippen molar-refractivity contribution in [1.29, 1.82) is 0 Å². The molecule has 0 saturated heterocycles. The van der Waals surface area contributed by atoms with Gasteiger partial charge in [-0.05, 0) is 24.6 Å². The summed E-state index contributed by atoms with van der Waals surface area (Å²) in [5, 5.41) is 0. The van der Waals surface area contributed by atoms with E-state index in [1.54, 1.807) is 6.07 Å². The van der Waals surface area contributed by atoms with Gasteiger partial charge in [0, 0.05) is 6.42 Å². The van der Waals surface area contributed by atoms with E-state index < -0.39 is 10.1 Å². The zero-order valence-corrected chi connectivity index (χ0v) is 15.2. The molecular weight excluding hydrogens is 324 g/mol. The van der Waals surface area contributed by atoms with Crippen LogP contribution in [0.15, 0.2) is 23.1 Å². The number of rotatable bonds is 11. The topological polar surface area (TPSA) is 83.1 Å². The lowest BCUT2D eigenvalue weighted by atomic mass is 10.1. The van der Waals surface area contributed by atoms with Crippen molar-refractivity contribution in [3.05, 3.63) is 24.0 Å². The Hall–Kier alpha value is -1.40. The van der Waals surface area contributed by atoms with Crippen molar-refractivity contribution in [2.24, 2.45) is 0 Å². The van der Waals surface area contributed by atoms with E-state index in [0.717, 1.165) is 24.2 Å². The van der Waals surface area contributed by atoms with E-state index in [4.69, 9.17) is 4.55 Å². The molecule has 0 saturated carbocycles. The van der Waals surface area contributed by atoms with Crippen LogP contribution in [-0.2, 0) is 16.5 Å². The summed E-state index contributed by atoms with van der Waals surface area (Å²) >= 11 is 0. The number of hydrogen-bond acceptors (Lipinski definition) is 3. The van der Waals surface area contributed by atoms with Crippen LogP contribution in [0.5, 0.6) is 0 Å². The van der Waals surface area contributed by atoms with Gasteiger partial charge in [0.25, 0.3) is 10.1 Å². The molecule has 0 radical (unpaired) electrons. The van der Waals surface area contributed by atoms with Gasteiger partial charge in [0.05, 0.1) is 15.9 Å². The molecule has 2 rings (SSSR count). The quantitative estimate of drug-likeness (QED) is 0.446. The molecule has 5 nitrogen and oxygen atoms in total. The molecule has 0 aliphatic rings. The number of H-pyrrole nitrogens is 1. The second-order valence-corrected chi connectivity index (χ2v) is 7.84. The van der Waals surface area contributed by atoms with E-state index in [2.05, 4.69) is 16.9 Å². The summed E-state index contributed by atoms with van der Waals surface area (Å²) in [5.41, 5.74) is 1.38. The second-order valence-electron chi connectivity index (χ2n) is 6.42. The first kappa shape index (κ1) is 18.9.